The molecule has 2 aromatic heterocycles. The zero-order valence-corrected chi connectivity index (χ0v) is 18.5. The molecule has 1 saturated heterocycles. The van der Waals surface area contributed by atoms with Gasteiger partial charge in [0.05, 0.1) is 24.3 Å². The minimum Gasteiger partial charge on any atom is -0.449 e. The third-order valence-corrected chi connectivity index (χ3v) is 6.80. The van der Waals surface area contributed by atoms with E-state index in [1.807, 2.05) is 25.1 Å². The van der Waals surface area contributed by atoms with Crippen LogP contribution in [0.25, 0.3) is 22.2 Å². The number of amides is 1. The van der Waals surface area contributed by atoms with Gasteiger partial charge in [-0.15, -0.1) is 0 Å². The first-order valence-electron chi connectivity index (χ1n) is 11.3. The molecule has 6 nitrogen and oxygen atoms in total. The van der Waals surface area contributed by atoms with Crippen LogP contribution in [0.1, 0.15) is 40.2 Å². The molecule has 1 saturated carbocycles. The smallest absolute Gasteiger partial charge is 0.253 e. The molecule has 6 heteroatoms. The quantitative estimate of drug-likeness (QED) is 0.488. The van der Waals surface area contributed by atoms with Gasteiger partial charge in [-0.25, -0.2) is 4.98 Å². The van der Waals surface area contributed by atoms with Gasteiger partial charge < -0.3 is 14.5 Å². The molecule has 1 amide bonds. The van der Waals surface area contributed by atoms with Gasteiger partial charge in [-0.05, 0) is 48.6 Å². The van der Waals surface area contributed by atoms with E-state index >= 15 is 0 Å². The lowest BCUT2D eigenvalue weighted by molar-refractivity contribution is -0.165. The van der Waals surface area contributed by atoms with Gasteiger partial charge in [0.25, 0.3) is 5.91 Å². The predicted molar refractivity (Wildman–Crippen MR) is 125 cm³/mol. The van der Waals surface area contributed by atoms with E-state index < -0.39 is 0 Å². The summed E-state index contributed by atoms with van der Waals surface area (Å²) in [6, 6.07) is 16.6. The number of hydrogen-bond acceptors (Lipinski definition) is 5. The third kappa shape index (κ3) is 3.80. The van der Waals surface area contributed by atoms with Gasteiger partial charge in [0.2, 0.25) is 0 Å². The van der Waals surface area contributed by atoms with E-state index in [4.69, 9.17) is 9.15 Å². The fraction of sp³-hybridized carbons (Fsp3) is 0.296. The third-order valence-electron chi connectivity index (χ3n) is 6.80. The maximum absolute atomic E-state index is 13.2. The van der Waals surface area contributed by atoms with Crippen molar-refractivity contribution in [3.05, 3.63) is 83.6 Å². The van der Waals surface area contributed by atoms with Gasteiger partial charge in [0.15, 0.2) is 5.89 Å². The van der Waals surface area contributed by atoms with Crippen LogP contribution in [0.15, 0.2) is 65.4 Å². The lowest BCUT2D eigenvalue weighted by Crippen LogP contribution is -2.59. The van der Waals surface area contributed by atoms with E-state index in [0.717, 1.165) is 60.2 Å². The van der Waals surface area contributed by atoms with Crippen LogP contribution in [0.2, 0.25) is 0 Å². The SMILES string of the molecule is Cc1nc(-c2ccc(Cc3cc(C(=O)NC4CC5(COC5)C4)c4ncccc4c3)cc2)co1. The number of aromatic nitrogens is 2. The highest BCUT2D eigenvalue weighted by molar-refractivity contribution is 6.06. The molecule has 2 aromatic carbocycles. The van der Waals surface area contributed by atoms with Crippen molar-refractivity contribution in [3.63, 3.8) is 0 Å². The van der Waals surface area contributed by atoms with Gasteiger partial charge in [-0.2, -0.15) is 0 Å². The van der Waals surface area contributed by atoms with E-state index in [1.54, 1.807) is 12.5 Å². The number of nitrogens with zero attached hydrogens (tertiary/aromatic N) is 2. The van der Waals surface area contributed by atoms with Crippen molar-refractivity contribution in [1.29, 1.82) is 0 Å². The van der Waals surface area contributed by atoms with Crippen LogP contribution in [0.5, 0.6) is 0 Å². The number of aryl methyl sites for hydroxylation is 1. The highest BCUT2D eigenvalue weighted by atomic mass is 16.5. The van der Waals surface area contributed by atoms with E-state index in [1.165, 1.54) is 5.56 Å². The first-order valence-corrected chi connectivity index (χ1v) is 11.3. The monoisotopic (exact) mass is 439 g/mol. The molecule has 6 rings (SSSR count). The number of rotatable bonds is 5. The van der Waals surface area contributed by atoms with Gasteiger partial charge in [-0.3, -0.25) is 9.78 Å². The van der Waals surface area contributed by atoms with E-state index in [0.29, 0.717) is 16.9 Å². The van der Waals surface area contributed by atoms with Gasteiger partial charge in [-0.1, -0.05) is 30.3 Å². The lowest BCUT2D eigenvalue weighted by Gasteiger charge is -2.53. The van der Waals surface area contributed by atoms with Gasteiger partial charge in [0.1, 0.15) is 12.0 Å². The number of nitrogens with one attached hydrogen (secondary N) is 1. The molecule has 33 heavy (non-hydrogen) atoms. The fourth-order valence-corrected chi connectivity index (χ4v) is 5.03. The average Bonchev–Trinajstić information content (AvgIpc) is 3.20. The molecular formula is C27H25N3O3. The molecule has 0 radical (unpaired) electrons. The Balaban J connectivity index is 1.24. The lowest BCUT2D eigenvalue weighted by atomic mass is 9.64. The Morgan fingerprint density at radius 2 is 1.94 bits per heavy atom. The fourth-order valence-electron chi connectivity index (χ4n) is 5.03. The highest BCUT2D eigenvalue weighted by Gasteiger charge is 2.50. The van der Waals surface area contributed by atoms with E-state index in [9.17, 15) is 4.79 Å². The molecule has 0 unspecified atom stereocenters. The van der Waals surface area contributed by atoms with Crippen molar-refractivity contribution in [2.24, 2.45) is 5.41 Å². The molecule has 4 aromatic rings. The van der Waals surface area contributed by atoms with E-state index in [-0.39, 0.29) is 11.9 Å². The largest absolute Gasteiger partial charge is 0.449 e. The number of pyridine rings is 1. The number of carbonyl (C=O) groups is 1. The molecular weight excluding hydrogens is 414 g/mol. The number of hydrogen-bond donors (Lipinski definition) is 1. The summed E-state index contributed by atoms with van der Waals surface area (Å²) in [6.45, 7) is 3.49. The van der Waals surface area contributed by atoms with Crippen LogP contribution in [0, 0.1) is 12.3 Å². The predicted octanol–water partition coefficient (Wildman–Crippen LogP) is 4.70. The Labute approximate surface area is 192 Å². The van der Waals surface area contributed by atoms with Crippen LogP contribution >= 0.6 is 0 Å². The summed E-state index contributed by atoms with van der Waals surface area (Å²) in [6.07, 6.45) is 6.15. The molecule has 2 aliphatic rings. The molecule has 166 valence electrons. The van der Waals surface area contributed by atoms with Crippen molar-refractivity contribution in [1.82, 2.24) is 15.3 Å². The maximum atomic E-state index is 13.2. The van der Waals surface area contributed by atoms with E-state index in [2.05, 4.69) is 45.6 Å². The Kier molecular flexibility index (Phi) is 4.76. The van der Waals surface area contributed by atoms with Crippen molar-refractivity contribution < 1.29 is 13.9 Å². The summed E-state index contributed by atoms with van der Waals surface area (Å²) in [5.41, 5.74) is 5.81. The Morgan fingerprint density at radius 1 is 1.12 bits per heavy atom. The summed E-state index contributed by atoms with van der Waals surface area (Å²) >= 11 is 0. The van der Waals surface area contributed by atoms with Crippen molar-refractivity contribution >= 4 is 16.8 Å². The van der Waals surface area contributed by atoms with Crippen LogP contribution in [-0.4, -0.2) is 35.1 Å². The van der Waals surface area contributed by atoms with Crippen molar-refractivity contribution in [2.45, 2.75) is 32.2 Å². The van der Waals surface area contributed by atoms with Gasteiger partial charge >= 0.3 is 0 Å². The summed E-state index contributed by atoms with van der Waals surface area (Å²) in [5, 5.41) is 4.20. The summed E-state index contributed by atoms with van der Waals surface area (Å²) in [7, 11) is 0. The number of ether oxygens (including phenoxy) is 1. The molecule has 1 aliphatic heterocycles. The second-order valence-corrected chi connectivity index (χ2v) is 9.42. The van der Waals surface area contributed by atoms with Crippen LogP contribution in [-0.2, 0) is 11.2 Å². The molecule has 3 heterocycles. The Morgan fingerprint density at radius 3 is 2.64 bits per heavy atom. The summed E-state index contributed by atoms with van der Waals surface area (Å²) in [4.78, 5) is 22.1. The van der Waals surface area contributed by atoms with Crippen LogP contribution < -0.4 is 5.32 Å². The highest BCUT2D eigenvalue weighted by Crippen LogP contribution is 2.46. The first kappa shape index (κ1) is 20.1. The number of benzene rings is 2. The molecule has 2 fully saturated rings. The summed E-state index contributed by atoms with van der Waals surface area (Å²) in [5.74, 6) is 0.611. The number of oxazole rings is 1. The standard InChI is InChI=1S/C27H25N3O3/c1-17-29-24(14-33-17)20-6-4-18(5-7-20)9-19-10-21-3-2-8-28-25(21)23(11-19)26(31)30-22-12-27(13-22)15-32-16-27/h2-8,10-11,14,22H,9,12-13,15-16H2,1H3,(H,30,31). The topological polar surface area (TPSA) is 77.2 Å². The molecule has 1 aliphatic carbocycles. The number of carbonyl (C=O) groups excluding carboxylic acids is 1. The number of fused-ring (bicyclic) bond motifs is 1. The Bertz CT molecular complexity index is 1330. The molecule has 1 spiro atoms. The van der Waals surface area contributed by atoms with Crippen LogP contribution in [0.3, 0.4) is 0 Å². The Hall–Kier alpha value is -3.51. The maximum Gasteiger partial charge on any atom is 0.253 e. The van der Waals surface area contributed by atoms with Crippen molar-refractivity contribution in [3.8, 4) is 11.3 Å². The zero-order chi connectivity index (χ0) is 22.4. The normalized spacial score (nSPS) is 17.0. The second-order valence-electron chi connectivity index (χ2n) is 9.42. The molecule has 1 N–H and O–H groups in total. The van der Waals surface area contributed by atoms with Crippen molar-refractivity contribution in [2.75, 3.05) is 13.2 Å². The summed E-state index contributed by atoms with van der Waals surface area (Å²) < 4.78 is 10.7. The average molecular weight is 440 g/mol. The van der Waals surface area contributed by atoms with Crippen LogP contribution in [0.4, 0.5) is 0 Å². The minimum absolute atomic E-state index is 0.0441. The second kappa shape index (κ2) is 7.81. The van der Waals surface area contributed by atoms with Gasteiger partial charge in [0, 0.05) is 35.5 Å². The minimum atomic E-state index is -0.0441. The first-order chi connectivity index (χ1) is 16.1. The molecule has 0 atom stereocenters. The molecule has 0 bridgehead atoms. The zero-order valence-electron chi connectivity index (χ0n) is 18.5.